The van der Waals surface area contributed by atoms with E-state index in [1.54, 1.807) is 0 Å². The molecule has 0 saturated carbocycles. The molecule has 5 heteroatoms. The van der Waals surface area contributed by atoms with Gasteiger partial charge in [-0.2, -0.15) is 0 Å². The van der Waals surface area contributed by atoms with E-state index < -0.39 is 0 Å². The average molecular weight is 658 g/mol. The summed E-state index contributed by atoms with van der Waals surface area (Å²) < 4.78 is 9.15. The van der Waals surface area contributed by atoms with Crippen LogP contribution in [-0.2, 0) is 0 Å². The molecule has 0 radical (unpaired) electrons. The van der Waals surface area contributed by atoms with Crippen LogP contribution in [0.3, 0.4) is 0 Å². The van der Waals surface area contributed by atoms with Gasteiger partial charge in [0.2, 0.25) is 0 Å². The fraction of sp³-hybridized carbons (Fsp3) is 0. The zero-order valence-electron chi connectivity index (χ0n) is 26.7. The van der Waals surface area contributed by atoms with E-state index >= 15 is 0 Å². The summed E-state index contributed by atoms with van der Waals surface area (Å²) in [5.41, 5.74) is 9.01. The van der Waals surface area contributed by atoms with Crippen LogP contribution in [0.25, 0.3) is 98.5 Å². The topological polar surface area (TPSA) is 51.8 Å². The number of aromatic nitrogens is 3. The summed E-state index contributed by atoms with van der Waals surface area (Å²) in [6.07, 6.45) is 0. The van der Waals surface area contributed by atoms with Crippen LogP contribution in [0.15, 0.2) is 168 Å². The van der Waals surface area contributed by atoms with E-state index in [4.69, 9.17) is 19.4 Å². The molecule has 0 spiro atoms. The molecule has 0 atom stereocenters. The maximum atomic E-state index is 6.53. The van der Waals surface area contributed by atoms with Crippen LogP contribution in [0.4, 0.5) is 0 Å². The van der Waals surface area contributed by atoms with Crippen LogP contribution < -0.4 is 0 Å². The number of rotatable bonds is 5. The third kappa shape index (κ3) is 4.95. The number of benzene rings is 7. The fourth-order valence-electron chi connectivity index (χ4n) is 6.82. The minimum atomic E-state index is 0.630. The van der Waals surface area contributed by atoms with Crippen molar-refractivity contribution >= 4 is 53.4 Å². The highest BCUT2D eigenvalue weighted by molar-refractivity contribution is 7.25. The first-order chi connectivity index (χ1) is 24.7. The maximum Gasteiger partial charge on any atom is 0.164 e. The molecule has 10 aromatic rings. The van der Waals surface area contributed by atoms with Gasteiger partial charge < -0.3 is 4.42 Å². The lowest BCUT2D eigenvalue weighted by Crippen LogP contribution is -2.00. The Morgan fingerprint density at radius 2 is 0.800 bits per heavy atom. The largest absolute Gasteiger partial charge is 0.456 e. The molecule has 4 nitrogen and oxygen atoms in total. The van der Waals surface area contributed by atoms with Crippen LogP contribution >= 0.6 is 11.3 Å². The van der Waals surface area contributed by atoms with Crippen molar-refractivity contribution in [1.29, 1.82) is 0 Å². The molecule has 10 rings (SSSR count). The summed E-state index contributed by atoms with van der Waals surface area (Å²) in [6.45, 7) is 0. The van der Waals surface area contributed by atoms with Gasteiger partial charge in [0.25, 0.3) is 0 Å². The van der Waals surface area contributed by atoms with Gasteiger partial charge in [-0.3, -0.25) is 0 Å². The lowest BCUT2D eigenvalue weighted by Gasteiger charge is -2.09. The molecule has 7 aromatic carbocycles. The van der Waals surface area contributed by atoms with Crippen molar-refractivity contribution in [2.75, 3.05) is 0 Å². The molecular formula is C45H27N3OS. The van der Waals surface area contributed by atoms with Crippen LogP contribution in [0.1, 0.15) is 0 Å². The summed E-state index contributed by atoms with van der Waals surface area (Å²) in [4.78, 5) is 14.7. The number of furan rings is 1. The number of nitrogens with zero attached hydrogens (tertiary/aromatic N) is 3. The highest BCUT2D eigenvalue weighted by Crippen LogP contribution is 2.39. The highest BCUT2D eigenvalue weighted by Gasteiger charge is 2.15. The van der Waals surface area contributed by atoms with Gasteiger partial charge in [-0.05, 0) is 70.8 Å². The summed E-state index contributed by atoms with van der Waals surface area (Å²) in [5.74, 6) is 1.92. The zero-order valence-corrected chi connectivity index (χ0v) is 27.6. The molecule has 3 aromatic heterocycles. The standard InChI is InChI=1S/C45H27N3OS/c1-3-10-28(11-4-1)43-46-44(29-12-5-2-6-13-29)48-45(47-43)34-15-9-14-30(24-34)32-18-21-35-36-22-19-33(27-40(36)49-39(35)26-32)31-20-23-42-38(25-31)37-16-7-8-17-41(37)50-42/h1-27H. The molecule has 0 N–H and O–H groups in total. The second-order valence-corrected chi connectivity index (χ2v) is 13.5. The van der Waals surface area contributed by atoms with Crippen molar-refractivity contribution in [3.05, 3.63) is 164 Å². The molecular weight excluding hydrogens is 631 g/mol. The second kappa shape index (κ2) is 11.6. The van der Waals surface area contributed by atoms with Gasteiger partial charge in [0.05, 0.1) is 0 Å². The third-order valence-electron chi connectivity index (χ3n) is 9.34. The first kappa shape index (κ1) is 28.6. The molecule has 3 heterocycles. The zero-order chi connectivity index (χ0) is 33.0. The summed E-state index contributed by atoms with van der Waals surface area (Å²) >= 11 is 1.84. The third-order valence-corrected chi connectivity index (χ3v) is 10.5. The minimum Gasteiger partial charge on any atom is -0.456 e. The molecule has 0 saturated heterocycles. The van der Waals surface area contributed by atoms with Gasteiger partial charge >= 0.3 is 0 Å². The predicted octanol–water partition coefficient (Wildman–Crippen LogP) is 12.5. The number of thiophene rings is 1. The Bertz CT molecular complexity index is 2820. The molecule has 0 amide bonds. The monoisotopic (exact) mass is 657 g/mol. The molecule has 0 unspecified atom stereocenters. The molecule has 0 aliphatic carbocycles. The molecule has 0 aliphatic rings. The van der Waals surface area contributed by atoms with E-state index in [2.05, 4.69) is 103 Å². The van der Waals surface area contributed by atoms with E-state index in [0.717, 1.165) is 55.3 Å². The van der Waals surface area contributed by atoms with Crippen molar-refractivity contribution in [3.63, 3.8) is 0 Å². The van der Waals surface area contributed by atoms with Gasteiger partial charge in [0.1, 0.15) is 11.2 Å². The molecule has 0 fully saturated rings. The predicted molar refractivity (Wildman–Crippen MR) is 207 cm³/mol. The van der Waals surface area contributed by atoms with Crippen LogP contribution in [0.5, 0.6) is 0 Å². The molecule has 234 valence electrons. The van der Waals surface area contributed by atoms with Crippen LogP contribution in [0, 0.1) is 0 Å². The Kier molecular flexibility index (Phi) is 6.64. The number of hydrogen-bond donors (Lipinski definition) is 0. The smallest absolute Gasteiger partial charge is 0.164 e. The first-order valence-corrected chi connectivity index (χ1v) is 17.4. The van der Waals surface area contributed by atoms with E-state index in [0.29, 0.717) is 17.5 Å². The minimum absolute atomic E-state index is 0.630. The van der Waals surface area contributed by atoms with E-state index in [1.165, 1.54) is 25.7 Å². The SMILES string of the molecule is c1ccc(-c2nc(-c3ccccc3)nc(-c3cccc(-c4ccc5c(c4)oc4cc(-c6ccc7sc8ccccc8c7c6)ccc45)c3)n2)cc1. The summed E-state index contributed by atoms with van der Waals surface area (Å²) in [7, 11) is 0. The quantitative estimate of drug-likeness (QED) is 0.185. The molecule has 50 heavy (non-hydrogen) atoms. The van der Waals surface area contributed by atoms with E-state index in [1.807, 2.05) is 72.0 Å². The maximum absolute atomic E-state index is 6.53. The lowest BCUT2D eigenvalue weighted by atomic mass is 10.00. The normalized spacial score (nSPS) is 11.6. The Balaban J connectivity index is 1.03. The number of hydrogen-bond acceptors (Lipinski definition) is 5. The van der Waals surface area contributed by atoms with Gasteiger partial charge in [-0.1, -0.05) is 115 Å². The first-order valence-electron chi connectivity index (χ1n) is 16.6. The van der Waals surface area contributed by atoms with Gasteiger partial charge in [0.15, 0.2) is 17.5 Å². The fourth-order valence-corrected chi connectivity index (χ4v) is 7.90. The second-order valence-electron chi connectivity index (χ2n) is 12.5. The van der Waals surface area contributed by atoms with Crippen molar-refractivity contribution in [2.24, 2.45) is 0 Å². The lowest BCUT2D eigenvalue weighted by molar-refractivity contribution is 0.669. The Labute approximate surface area is 292 Å². The highest BCUT2D eigenvalue weighted by atomic mass is 32.1. The summed E-state index contributed by atoms with van der Waals surface area (Å²) in [5, 5.41) is 4.81. The van der Waals surface area contributed by atoms with Gasteiger partial charge in [-0.15, -0.1) is 11.3 Å². The Morgan fingerprint density at radius 1 is 0.320 bits per heavy atom. The van der Waals surface area contributed by atoms with Crippen molar-refractivity contribution in [3.8, 4) is 56.4 Å². The molecule has 0 bridgehead atoms. The Hall–Kier alpha value is -6.43. The van der Waals surface area contributed by atoms with E-state index in [9.17, 15) is 0 Å². The van der Waals surface area contributed by atoms with Crippen LogP contribution in [0.2, 0.25) is 0 Å². The van der Waals surface area contributed by atoms with E-state index in [-0.39, 0.29) is 0 Å². The average Bonchev–Trinajstić information content (AvgIpc) is 3.75. The van der Waals surface area contributed by atoms with Crippen molar-refractivity contribution < 1.29 is 4.42 Å². The number of fused-ring (bicyclic) bond motifs is 6. The van der Waals surface area contributed by atoms with Crippen molar-refractivity contribution in [1.82, 2.24) is 15.0 Å². The van der Waals surface area contributed by atoms with Gasteiger partial charge in [-0.25, -0.2) is 15.0 Å². The van der Waals surface area contributed by atoms with Crippen LogP contribution in [-0.4, -0.2) is 15.0 Å². The Morgan fingerprint density at radius 3 is 1.46 bits per heavy atom. The van der Waals surface area contributed by atoms with Gasteiger partial charge in [0, 0.05) is 47.6 Å². The molecule has 0 aliphatic heterocycles. The summed E-state index contributed by atoms with van der Waals surface area (Å²) in [6, 6.07) is 56.9. The van der Waals surface area contributed by atoms with Crippen molar-refractivity contribution in [2.45, 2.75) is 0 Å².